The zero-order valence-electron chi connectivity index (χ0n) is 26.2. The fraction of sp³-hybridized carbons (Fsp3) is 0.531. The first-order chi connectivity index (χ1) is 22.4. The van der Waals surface area contributed by atoms with Crippen molar-refractivity contribution in [2.45, 2.75) is 82.3 Å². The van der Waals surface area contributed by atoms with E-state index in [-0.39, 0.29) is 45.2 Å². The number of alkyl halides is 1. The second kappa shape index (κ2) is 18.0. The maximum atomic E-state index is 13.9. The Morgan fingerprint density at radius 2 is 1.74 bits per heavy atom. The van der Waals surface area contributed by atoms with Crippen molar-refractivity contribution >= 4 is 58.6 Å². The van der Waals surface area contributed by atoms with Gasteiger partial charge in [-0.05, 0) is 61.6 Å². The maximum absolute atomic E-state index is 13.9. The summed E-state index contributed by atoms with van der Waals surface area (Å²) in [6.45, 7) is 0.388. The number of carboxylic acid groups (broad SMARTS) is 1. The lowest BCUT2D eigenvalue weighted by Crippen LogP contribution is -2.59. The highest BCUT2D eigenvalue weighted by atomic mass is 35.5. The molecule has 1 aliphatic heterocycles. The molecule has 14 nitrogen and oxygen atoms in total. The van der Waals surface area contributed by atoms with E-state index in [9.17, 15) is 38.7 Å². The first kappa shape index (κ1) is 37.0. The van der Waals surface area contributed by atoms with Gasteiger partial charge in [-0.1, -0.05) is 30.3 Å². The molecule has 0 bridgehead atoms. The van der Waals surface area contributed by atoms with Crippen LogP contribution in [0.3, 0.4) is 0 Å². The van der Waals surface area contributed by atoms with Crippen LogP contribution in [0.25, 0.3) is 5.57 Å². The topological polar surface area (TPSA) is 231 Å². The van der Waals surface area contributed by atoms with Gasteiger partial charge >= 0.3 is 12.0 Å². The van der Waals surface area contributed by atoms with Crippen molar-refractivity contribution in [1.29, 1.82) is 0 Å². The number of carbonyl (C=O) groups excluding carboxylic acids is 6. The number of ketones is 1. The Morgan fingerprint density at radius 3 is 2.43 bits per heavy atom. The molecule has 0 radical (unpaired) electrons. The van der Waals surface area contributed by atoms with E-state index in [4.69, 9.17) is 23.1 Å². The monoisotopic (exact) mass is 674 g/mol. The molecule has 1 saturated heterocycles. The largest absolute Gasteiger partial charge is 0.481 e. The highest BCUT2D eigenvalue weighted by molar-refractivity contribution is 6.27. The molecule has 1 aliphatic carbocycles. The number of hydrogen-bond acceptors (Lipinski definition) is 7. The minimum absolute atomic E-state index is 0.143. The summed E-state index contributed by atoms with van der Waals surface area (Å²) in [6.07, 6.45) is 4.01. The predicted octanol–water partition coefficient (Wildman–Crippen LogP) is 0.980. The number of allylic oxidation sites excluding steroid dienone is 1. The Hall–Kier alpha value is -4.46. The first-order valence-corrected chi connectivity index (χ1v) is 16.2. The predicted molar refractivity (Wildman–Crippen MR) is 173 cm³/mol. The van der Waals surface area contributed by atoms with E-state index in [1.165, 1.54) is 4.90 Å². The van der Waals surface area contributed by atoms with Gasteiger partial charge in [0.25, 0.3) is 0 Å². The SMILES string of the molecule is NC(=O)NCCC[C@H](CC(=O)[C@H](CC1=CCc2ccccc21)NC(=O)[C@@H]1CCCCN1C(=O)[C@H](CCC(=O)O)NC(=O)CCl)C(N)=O. The van der Waals surface area contributed by atoms with Crippen LogP contribution in [0.2, 0.25) is 0 Å². The third-order valence-corrected chi connectivity index (χ3v) is 8.67. The highest BCUT2D eigenvalue weighted by Gasteiger charge is 2.38. The van der Waals surface area contributed by atoms with Crippen LogP contribution >= 0.6 is 11.6 Å². The zero-order chi connectivity index (χ0) is 34.5. The standard InChI is InChI=1S/C32H43ClN6O8/c33-18-27(41)37-23(12-13-28(42)43)31(46)39-15-4-3-9-25(39)30(45)38-24(16-20-11-10-19-6-1-2-8-22(19)20)26(40)17-21(29(34)44)7-5-14-36-32(35)47/h1-2,6,8,11,21,23-25H,3-5,7,9-10,12-18H2,(H2,34,44)(H,37,41)(H,38,45)(H,42,43)(H3,35,36,47)/t21-,23+,24+,25+/m1/s1. The summed E-state index contributed by atoms with van der Waals surface area (Å²) in [5.41, 5.74) is 13.6. The molecule has 0 saturated carbocycles. The van der Waals surface area contributed by atoms with Crippen molar-refractivity contribution in [3.63, 3.8) is 0 Å². The number of piperidine rings is 1. The quantitative estimate of drug-likeness (QED) is 0.0968. The molecule has 0 aromatic heterocycles. The number of aliphatic carboxylic acids is 1. The number of carboxylic acids is 1. The molecule has 0 spiro atoms. The first-order valence-electron chi connectivity index (χ1n) is 15.7. The lowest BCUT2D eigenvalue weighted by Gasteiger charge is -2.37. The van der Waals surface area contributed by atoms with Crippen LogP contribution in [0, 0.1) is 5.92 Å². The molecule has 4 atom stereocenters. The third-order valence-electron chi connectivity index (χ3n) is 8.43. The number of amides is 6. The van der Waals surface area contributed by atoms with Crippen molar-refractivity contribution in [2.75, 3.05) is 19.0 Å². The van der Waals surface area contributed by atoms with Gasteiger partial charge in [-0.2, -0.15) is 0 Å². The number of fused-ring (bicyclic) bond motifs is 1. The summed E-state index contributed by atoms with van der Waals surface area (Å²) in [6, 6.07) is 3.76. The van der Waals surface area contributed by atoms with Gasteiger partial charge in [-0.15, -0.1) is 11.6 Å². The van der Waals surface area contributed by atoms with Gasteiger partial charge in [0.1, 0.15) is 18.0 Å². The summed E-state index contributed by atoms with van der Waals surface area (Å²) < 4.78 is 0. The number of nitrogens with two attached hydrogens (primary N) is 2. The van der Waals surface area contributed by atoms with Crippen LogP contribution in [-0.4, -0.2) is 88.5 Å². The molecule has 2 aliphatic rings. The summed E-state index contributed by atoms with van der Waals surface area (Å²) in [4.78, 5) is 89.2. The Balaban J connectivity index is 1.83. The number of halogens is 1. The second-order valence-corrected chi connectivity index (χ2v) is 12.1. The fourth-order valence-electron chi connectivity index (χ4n) is 6.00. The molecule has 256 valence electrons. The van der Waals surface area contributed by atoms with E-state index >= 15 is 0 Å². The van der Waals surface area contributed by atoms with E-state index in [1.807, 2.05) is 30.3 Å². The number of benzene rings is 1. The minimum Gasteiger partial charge on any atom is -0.481 e. The van der Waals surface area contributed by atoms with Crippen LogP contribution in [0.15, 0.2) is 30.3 Å². The molecule has 6 amide bonds. The number of Topliss-reactive ketones (excluding diaryl/α,β-unsaturated/α-hetero) is 1. The molecule has 15 heteroatoms. The van der Waals surface area contributed by atoms with Gasteiger partial charge in [-0.25, -0.2) is 4.79 Å². The smallest absolute Gasteiger partial charge is 0.312 e. The minimum atomic E-state index is -1.20. The third kappa shape index (κ3) is 11.1. The van der Waals surface area contributed by atoms with Gasteiger partial charge < -0.3 is 37.4 Å². The molecule has 1 fully saturated rings. The molecule has 3 rings (SSSR count). The number of nitrogens with one attached hydrogen (secondary N) is 3. The average molecular weight is 675 g/mol. The van der Waals surface area contributed by atoms with Gasteiger partial charge in [0.2, 0.25) is 23.6 Å². The Bertz CT molecular complexity index is 1380. The van der Waals surface area contributed by atoms with E-state index in [1.54, 1.807) is 0 Å². The van der Waals surface area contributed by atoms with Gasteiger partial charge in [-0.3, -0.25) is 28.8 Å². The number of urea groups is 1. The lowest BCUT2D eigenvalue weighted by molar-refractivity contribution is -0.146. The van der Waals surface area contributed by atoms with Gasteiger partial charge in [0.15, 0.2) is 5.78 Å². The normalized spacial score (nSPS) is 17.3. The van der Waals surface area contributed by atoms with Crippen molar-refractivity contribution < 1.29 is 38.7 Å². The number of rotatable bonds is 18. The molecule has 1 heterocycles. The Morgan fingerprint density at radius 1 is 1.00 bits per heavy atom. The number of primary amides is 2. The van der Waals surface area contributed by atoms with Crippen molar-refractivity contribution in [3.05, 3.63) is 41.5 Å². The molecule has 8 N–H and O–H groups in total. The fourth-order valence-corrected chi connectivity index (χ4v) is 6.07. The number of likely N-dealkylation sites (tertiary alicyclic amines) is 1. The van der Waals surface area contributed by atoms with Crippen LogP contribution in [0.5, 0.6) is 0 Å². The van der Waals surface area contributed by atoms with Gasteiger partial charge in [0.05, 0.1) is 6.04 Å². The van der Waals surface area contributed by atoms with E-state index in [0.29, 0.717) is 25.7 Å². The number of carbonyl (C=O) groups is 7. The summed E-state index contributed by atoms with van der Waals surface area (Å²) in [5.74, 6) is -5.39. The van der Waals surface area contributed by atoms with Crippen LogP contribution in [-0.2, 0) is 35.2 Å². The molecular formula is C32H43ClN6O8. The number of nitrogens with zero attached hydrogens (tertiary/aromatic N) is 1. The van der Waals surface area contributed by atoms with Crippen molar-refractivity contribution in [2.24, 2.45) is 17.4 Å². The second-order valence-electron chi connectivity index (χ2n) is 11.8. The zero-order valence-corrected chi connectivity index (χ0v) is 26.9. The Labute approximate surface area is 278 Å². The summed E-state index contributed by atoms with van der Waals surface area (Å²) in [7, 11) is 0. The molecule has 1 aromatic carbocycles. The summed E-state index contributed by atoms with van der Waals surface area (Å²) >= 11 is 5.62. The summed E-state index contributed by atoms with van der Waals surface area (Å²) in [5, 5.41) is 16.9. The average Bonchev–Trinajstić information content (AvgIpc) is 3.45. The number of hydrogen-bond donors (Lipinski definition) is 6. The molecule has 47 heavy (non-hydrogen) atoms. The Kier molecular flexibility index (Phi) is 14.2. The van der Waals surface area contributed by atoms with Gasteiger partial charge in [0, 0.05) is 38.3 Å². The van der Waals surface area contributed by atoms with Crippen LogP contribution in [0.4, 0.5) is 4.79 Å². The van der Waals surface area contributed by atoms with Crippen LogP contribution < -0.4 is 27.4 Å². The van der Waals surface area contributed by atoms with E-state index < -0.39 is 77.8 Å². The molecule has 1 aromatic rings. The highest BCUT2D eigenvalue weighted by Crippen LogP contribution is 2.31. The van der Waals surface area contributed by atoms with Crippen molar-refractivity contribution in [1.82, 2.24) is 20.9 Å². The maximum Gasteiger partial charge on any atom is 0.312 e. The molecule has 0 unspecified atom stereocenters. The van der Waals surface area contributed by atoms with E-state index in [2.05, 4.69) is 16.0 Å². The van der Waals surface area contributed by atoms with E-state index in [0.717, 1.165) is 16.7 Å². The van der Waals surface area contributed by atoms with Crippen molar-refractivity contribution in [3.8, 4) is 0 Å². The van der Waals surface area contributed by atoms with Crippen LogP contribution in [0.1, 0.15) is 68.9 Å². The molecular weight excluding hydrogens is 632 g/mol. The lowest BCUT2D eigenvalue weighted by atomic mass is 9.89.